The van der Waals surface area contributed by atoms with E-state index >= 15 is 0 Å². The van der Waals surface area contributed by atoms with Crippen LogP contribution < -0.4 is 5.32 Å². The van der Waals surface area contributed by atoms with Gasteiger partial charge in [0.1, 0.15) is 0 Å². The summed E-state index contributed by atoms with van der Waals surface area (Å²) in [7, 11) is 0. The Bertz CT molecular complexity index is 673. The van der Waals surface area contributed by atoms with Gasteiger partial charge in [-0.15, -0.1) is 11.8 Å². The molecule has 0 aliphatic heterocycles. The first kappa shape index (κ1) is 15.8. The number of para-hydroxylation sites is 1. The maximum absolute atomic E-state index is 12.0. The van der Waals surface area contributed by atoms with Crippen molar-refractivity contribution >= 4 is 45.1 Å². The average molecular weight is 364 g/mol. The summed E-state index contributed by atoms with van der Waals surface area (Å²) in [5, 5.41) is 2.79. The van der Waals surface area contributed by atoms with Gasteiger partial charge in [0.2, 0.25) is 5.91 Å². The third kappa shape index (κ3) is 4.44. The fourth-order valence-corrected chi connectivity index (χ4v) is 3.16. The highest BCUT2D eigenvalue weighted by Gasteiger charge is 2.10. The number of ketones is 1. The predicted molar refractivity (Wildman–Crippen MR) is 89.9 cm³/mol. The molecule has 0 heterocycles. The second kappa shape index (κ2) is 7.43. The summed E-state index contributed by atoms with van der Waals surface area (Å²) in [5.41, 5.74) is 1.08. The van der Waals surface area contributed by atoms with Crippen LogP contribution in [0.15, 0.2) is 57.9 Å². The van der Waals surface area contributed by atoms with Crippen molar-refractivity contribution in [2.24, 2.45) is 0 Å². The van der Waals surface area contributed by atoms with Crippen LogP contribution >= 0.6 is 27.7 Å². The Hall–Kier alpha value is -1.59. The molecule has 0 unspecified atom stereocenters. The minimum absolute atomic E-state index is 0.0654. The molecular formula is C16H14BrNO2S. The van der Waals surface area contributed by atoms with Crippen molar-refractivity contribution in [2.45, 2.75) is 11.8 Å². The monoisotopic (exact) mass is 363 g/mol. The van der Waals surface area contributed by atoms with E-state index in [0.29, 0.717) is 11.3 Å². The zero-order valence-electron chi connectivity index (χ0n) is 11.4. The Labute approximate surface area is 136 Å². The average Bonchev–Trinajstić information content (AvgIpc) is 2.47. The molecule has 0 saturated carbocycles. The van der Waals surface area contributed by atoms with Crippen molar-refractivity contribution in [2.75, 3.05) is 11.1 Å². The lowest BCUT2D eigenvalue weighted by Crippen LogP contribution is -2.16. The van der Waals surface area contributed by atoms with E-state index in [1.807, 2.05) is 24.3 Å². The van der Waals surface area contributed by atoms with Gasteiger partial charge >= 0.3 is 0 Å². The van der Waals surface area contributed by atoms with Crippen LogP contribution in [-0.4, -0.2) is 17.4 Å². The third-order valence-electron chi connectivity index (χ3n) is 2.78. The van der Waals surface area contributed by atoms with Gasteiger partial charge in [-0.3, -0.25) is 9.59 Å². The number of carbonyl (C=O) groups excluding carboxylic acids is 2. The molecule has 1 N–H and O–H groups in total. The van der Waals surface area contributed by atoms with Crippen molar-refractivity contribution in [1.82, 2.24) is 0 Å². The maximum Gasteiger partial charge on any atom is 0.234 e. The van der Waals surface area contributed by atoms with Crippen LogP contribution in [0, 0.1) is 0 Å². The number of thioether (sulfide) groups is 1. The molecule has 1 amide bonds. The number of anilines is 1. The molecule has 2 aromatic carbocycles. The topological polar surface area (TPSA) is 46.2 Å². The van der Waals surface area contributed by atoms with Gasteiger partial charge in [-0.1, -0.05) is 24.3 Å². The quantitative estimate of drug-likeness (QED) is 0.633. The van der Waals surface area contributed by atoms with E-state index in [1.165, 1.54) is 18.7 Å². The minimum atomic E-state index is -0.135. The molecule has 0 radical (unpaired) electrons. The zero-order valence-corrected chi connectivity index (χ0v) is 13.8. The summed E-state index contributed by atoms with van der Waals surface area (Å²) in [4.78, 5) is 24.5. The van der Waals surface area contributed by atoms with Gasteiger partial charge < -0.3 is 5.32 Å². The van der Waals surface area contributed by atoms with Crippen molar-refractivity contribution in [1.29, 1.82) is 0 Å². The third-order valence-corrected chi connectivity index (χ3v) is 4.80. The molecule has 0 spiro atoms. The van der Waals surface area contributed by atoms with Crippen molar-refractivity contribution in [3.63, 3.8) is 0 Å². The lowest BCUT2D eigenvalue weighted by molar-refractivity contribution is -0.113. The van der Waals surface area contributed by atoms with Crippen molar-refractivity contribution < 1.29 is 9.59 Å². The summed E-state index contributed by atoms with van der Waals surface area (Å²) in [6.07, 6.45) is 0. The molecule has 2 rings (SSSR count). The summed E-state index contributed by atoms with van der Waals surface area (Å²) in [6.45, 7) is 1.49. The predicted octanol–water partition coefficient (Wildman–Crippen LogP) is 4.38. The van der Waals surface area contributed by atoms with Gasteiger partial charge in [0.15, 0.2) is 5.78 Å². The molecule has 0 fully saturated rings. The molecule has 0 aliphatic rings. The van der Waals surface area contributed by atoms with E-state index < -0.39 is 0 Å². The van der Waals surface area contributed by atoms with Gasteiger partial charge in [-0.2, -0.15) is 0 Å². The highest BCUT2D eigenvalue weighted by molar-refractivity contribution is 9.10. The Kier molecular flexibility index (Phi) is 5.59. The van der Waals surface area contributed by atoms with Crippen LogP contribution in [0.25, 0.3) is 0 Å². The molecule has 108 valence electrons. The lowest BCUT2D eigenvalue weighted by atomic mass is 10.1. The largest absolute Gasteiger partial charge is 0.325 e. The normalized spacial score (nSPS) is 10.2. The van der Waals surface area contributed by atoms with Crippen molar-refractivity contribution in [3.05, 3.63) is 58.6 Å². The first-order valence-corrected chi connectivity index (χ1v) is 8.13. The molecule has 0 aromatic heterocycles. The second-order valence-corrected chi connectivity index (χ2v) is 6.24. The first-order valence-electron chi connectivity index (χ1n) is 6.35. The number of hydrogen-bond donors (Lipinski definition) is 1. The number of benzene rings is 2. The molecular weight excluding hydrogens is 350 g/mol. The Morgan fingerprint density at radius 3 is 2.48 bits per heavy atom. The van der Waals surface area contributed by atoms with Crippen LogP contribution in [0.4, 0.5) is 5.69 Å². The molecule has 0 aliphatic carbocycles. The summed E-state index contributed by atoms with van der Waals surface area (Å²) >= 11 is 4.89. The molecule has 3 nitrogen and oxygen atoms in total. The highest BCUT2D eigenvalue weighted by Crippen LogP contribution is 2.27. The van der Waals surface area contributed by atoms with E-state index in [2.05, 4.69) is 21.2 Å². The number of amides is 1. The minimum Gasteiger partial charge on any atom is -0.325 e. The van der Waals surface area contributed by atoms with E-state index in [9.17, 15) is 9.59 Å². The molecule has 21 heavy (non-hydrogen) atoms. The zero-order chi connectivity index (χ0) is 15.2. The van der Waals surface area contributed by atoms with Crippen LogP contribution in [0.1, 0.15) is 17.3 Å². The van der Waals surface area contributed by atoms with E-state index in [1.54, 1.807) is 24.3 Å². The van der Waals surface area contributed by atoms with Crippen LogP contribution in [0.2, 0.25) is 0 Å². The number of hydrogen-bond acceptors (Lipinski definition) is 3. The van der Waals surface area contributed by atoms with Crippen LogP contribution in [0.5, 0.6) is 0 Å². The Balaban J connectivity index is 2.00. The van der Waals surface area contributed by atoms with E-state index in [0.717, 1.165) is 9.37 Å². The summed E-state index contributed by atoms with van der Waals surface area (Å²) < 4.78 is 0.965. The summed E-state index contributed by atoms with van der Waals surface area (Å²) in [6, 6.07) is 14.8. The molecule has 0 atom stereocenters. The SMILES string of the molecule is CC(=O)c1ccccc1NC(=O)CSc1ccccc1Br. The summed E-state index contributed by atoms with van der Waals surface area (Å²) in [5.74, 6) is 0.0864. The van der Waals surface area contributed by atoms with E-state index in [4.69, 9.17) is 0 Å². The van der Waals surface area contributed by atoms with Gasteiger partial charge in [0.25, 0.3) is 0 Å². The van der Waals surface area contributed by atoms with Crippen LogP contribution in [0.3, 0.4) is 0 Å². The first-order chi connectivity index (χ1) is 10.1. The molecule has 0 saturated heterocycles. The molecule has 0 bridgehead atoms. The lowest BCUT2D eigenvalue weighted by Gasteiger charge is -2.09. The van der Waals surface area contributed by atoms with Crippen molar-refractivity contribution in [3.8, 4) is 0 Å². The fraction of sp³-hybridized carbons (Fsp3) is 0.125. The smallest absolute Gasteiger partial charge is 0.234 e. The van der Waals surface area contributed by atoms with Gasteiger partial charge in [-0.05, 0) is 47.1 Å². The number of halogens is 1. The fourth-order valence-electron chi connectivity index (χ4n) is 1.79. The van der Waals surface area contributed by atoms with Gasteiger partial charge in [-0.25, -0.2) is 0 Å². The molecule has 5 heteroatoms. The van der Waals surface area contributed by atoms with Gasteiger partial charge in [0.05, 0.1) is 11.4 Å². The number of Topliss-reactive ketones (excluding diaryl/α,β-unsaturated/α-hetero) is 1. The Morgan fingerprint density at radius 2 is 1.76 bits per heavy atom. The second-order valence-electron chi connectivity index (χ2n) is 4.37. The maximum atomic E-state index is 12.0. The number of nitrogens with one attached hydrogen (secondary N) is 1. The highest BCUT2D eigenvalue weighted by atomic mass is 79.9. The standard InChI is InChI=1S/C16H14BrNO2S/c1-11(19)12-6-2-4-8-14(12)18-16(20)10-21-15-9-5-3-7-13(15)17/h2-9H,10H2,1H3,(H,18,20). The van der Waals surface area contributed by atoms with Crippen LogP contribution in [-0.2, 0) is 4.79 Å². The van der Waals surface area contributed by atoms with Gasteiger partial charge in [0, 0.05) is 14.9 Å². The van der Waals surface area contributed by atoms with E-state index in [-0.39, 0.29) is 17.4 Å². The number of rotatable bonds is 5. The Morgan fingerprint density at radius 1 is 1.10 bits per heavy atom. The number of carbonyl (C=O) groups is 2. The molecule has 2 aromatic rings.